The van der Waals surface area contributed by atoms with Gasteiger partial charge in [-0.15, -0.1) is 0 Å². The fourth-order valence-electron chi connectivity index (χ4n) is 11.1. The summed E-state index contributed by atoms with van der Waals surface area (Å²) in [7, 11) is 0. The molecular formula is C41H68O3. The second-order valence-corrected chi connectivity index (χ2v) is 18.5. The maximum absolute atomic E-state index is 13.7. The van der Waals surface area contributed by atoms with Crippen LogP contribution in [0.5, 0.6) is 0 Å². The Balaban J connectivity index is 1.28. The molecule has 0 spiro atoms. The largest absolute Gasteiger partial charge is 0.349 e. The molecule has 1 heterocycles. The molecule has 0 N–H and O–H groups in total. The van der Waals surface area contributed by atoms with Crippen molar-refractivity contribution in [3.8, 4) is 0 Å². The molecule has 0 amide bonds. The van der Waals surface area contributed by atoms with Crippen molar-refractivity contribution < 1.29 is 14.3 Å². The number of fused-ring (bicyclic) bond motifs is 4. The van der Waals surface area contributed by atoms with Crippen molar-refractivity contribution in [3.63, 3.8) is 0 Å². The van der Waals surface area contributed by atoms with E-state index in [-0.39, 0.29) is 40.2 Å². The molecule has 0 radical (unpaired) electrons. The van der Waals surface area contributed by atoms with Crippen LogP contribution in [0.1, 0.15) is 148 Å². The second kappa shape index (κ2) is 11.9. The highest BCUT2D eigenvalue weighted by Crippen LogP contribution is 2.66. The van der Waals surface area contributed by atoms with Crippen LogP contribution in [0.15, 0.2) is 22.8 Å². The minimum Gasteiger partial charge on any atom is -0.349 e. The van der Waals surface area contributed by atoms with E-state index in [1.165, 1.54) is 24.8 Å². The number of Topliss-reactive ketones (excluding diaryl/α,β-unsaturated/α-hetero) is 1. The molecule has 0 bridgehead atoms. The van der Waals surface area contributed by atoms with Crippen LogP contribution in [0, 0.1) is 63.6 Å². The van der Waals surface area contributed by atoms with E-state index in [0.717, 1.165) is 32.1 Å². The van der Waals surface area contributed by atoms with Crippen molar-refractivity contribution in [2.45, 2.75) is 166 Å². The Bertz CT molecular complexity index is 1160. The Kier molecular flexibility index (Phi) is 9.34. The van der Waals surface area contributed by atoms with Gasteiger partial charge in [-0.1, -0.05) is 87.8 Å². The van der Waals surface area contributed by atoms with Crippen LogP contribution in [0.25, 0.3) is 0 Å². The minimum atomic E-state index is -0.224. The Labute approximate surface area is 271 Å². The first-order valence-corrected chi connectivity index (χ1v) is 18.7. The average molecular weight is 609 g/mol. The fraction of sp³-hybridized carbons (Fsp3) is 0.878. The standard InChI is InChI=1S/C41H68O3/c1-14-35-28(6)27(5)29(7)37(43-35)44-38(8,9)19-17-26(4)39(10,11)36-16-15-31-30-22-34(42)33-21-24(2)25(3)23-41(33,13)32(30)18-20-40(31,36)12/h15,24-29,33,35-37H,14,16-23H2,1-13H3/t24-,25+,26-,27?,28?,29?,33+,35?,36-,37?,40+,41-/m1/s1. The average Bonchev–Trinajstić information content (AvgIpc) is 3.31. The first-order chi connectivity index (χ1) is 20.4. The SMILES string of the molecule is CCC1OC(OC(C)(C)CC[C@@H](C)C(C)(C)[C@H]2CC=C3C4=C(CC[C@@]32C)[C@@]2(C)C[C@H](C)[C@H](C)C[C@H]2C(=O)C4)C(C)C(C)C1C. The molecule has 1 saturated heterocycles. The Morgan fingerprint density at radius 3 is 2.34 bits per heavy atom. The van der Waals surface area contributed by atoms with E-state index in [9.17, 15) is 4.79 Å². The van der Waals surface area contributed by atoms with Crippen LogP contribution in [-0.2, 0) is 14.3 Å². The van der Waals surface area contributed by atoms with Crippen molar-refractivity contribution in [2.75, 3.05) is 0 Å². The summed E-state index contributed by atoms with van der Waals surface area (Å²) >= 11 is 0. The summed E-state index contributed by atoms with van der Waals surface area (Å²) < 4.78 is 13.3. The van der Waals surface area contributed by atoms with Crippen molar-refractivity contribution in [2.24, 2.45) is 63.6 Å². The number of allylic oxidation sites excluding steroid dienone is 4. The Morgan fingerprint density at radius 1 is 1.00 bits per heavy atom. The molecule has 3 heteroatoms. The number of hydrogen-bond acceptors (Lipinski definition) is 3. The zero-order chi connectivity index (χ0) is 32.6. The third-order valence-corrected chi connectivity index (χ3v) is 15.2. The molecule has 5 rings (SSSR count). The van der Waals surface area contributed by atoms with Gasteiger partial charge in [-0.3, -0.25) is 4.79 Å². The molecule has 250 valence electrons. The first kappa shape index (κ1) is 34.4. The quantitative estimate of drug-likeness (QED) is 0.275. The summed E-state index contributed by atoms with van der Waals surface area (Å²) in [6.07, 6.45) is 12.5. The summed E-state index contributed by atoms with van der Waals surface area (Å²) in [6.45, 7) is 31.2. The van der Waals surface area contributed by atoms with Crippen LogP contribution in [-0.4, -0.2) is 23.8 Å². The molecule has 0 aromatic carbocycles. The molecule has 1 saturated carbocycles. The minimum absolute atomic E-state index is 0.0672. The number of hydrogen-bond donors (Lipinski definition) is 0. The third-order valence-electron chi connectivity index (χ3n) is 15.2. The lowest BCUT2D eigenvalue weighted by Gasteiger charge is -2.56. The van der Waals surface area contributed by atoms with E-state index in [4.69, 9.17) is 9.47 Å². The molecule has 4 aliphatic carbocycles. The van der Waals surface area contributed by atoms with Gasteiger partial charge in [-0.25, -0.2) is 0 Å². The van der Waals surface area contributed by atoms with Gasteiger partial charge in [-0.2, -0.15) is 0 Å². The molecule has 12 atom stereocenters. The predicted octanol–water partition coefficient (Wildman–Crippen LogP) is 11.0. The number of ketones is 1. The topological polar surface area (TPSA) is 35.5 Å². The normalized spacial score (nSPS) is 43.7. The summed E-state index contributed by atoms with van der Waals surface area (Å²) in [6, 6.07) is 0. The maximum atomic E-state index is 13.7. The van der Waals surface area contributed by atoms with Gasteiger partial charge in [0.05, 0.1) is 11.7 Å². The van der Waals surface area contributed by atoms with Gasteiger partial charge < -0.3 is 9.47 Å². The lowest BCUT2D eigenvalue weighted by molar-refractivity contribution is -0.283. The van der Waals surface area contributed by atoms with Crippen LogP contribution >= 0.6 is 0 Å². The Hall–Kier alpha value is -0.930. The lowest BCUT2D eigenvalue weighted by Crippen LogP contribution is -2.49. The smallest absolute Gasteiger partial charge is 0.161 e. The van der Waals surface area contributed by atoms with Gasteiger partial charge in [0.25, 0.3) is 0 Å². The molecular weight excluding hydrogens is 540 g/mol. The van der Waals surface area contributed by atoms with Gasteiger partial charge in [0.15, 0.2) is 6.29 Å². The molecule has 3 nitrogen and oxygen atoms in total. The first-order valence-electron chi connectivity index (χ1n) is 18.7. The second-order valence-electron chi connectivity index (χ2n) is 18.5. The van der Waals surface area contributed by atoms with Gasteiger partial charge in [0, 0.05) is 18.3 Å². The van der Waals surface area contributed by atoms with E-state index in [1.54, 1.807) is 11.1 Å². The van der Waals surface area contributed by atoms with Crippen molar-refractivity contribution in [1.29, 1.82) is 0 Å². The van der Waals surface area contributed by atoms with Gasteiger partial charge in [0.1, 0.15) is 5.78 Å². The van der Waals surface area contributed by atoms with Gasteiger partial charge >= 0.3 is 0 Å². The molecule has 5 unspecified atom stereocenters. The number of carbonyl (C=O) groups excluding carboxylic acids is 1. The summed E-state index contributed by atoms with van der Waals surface area (Å²) in [5, 5.41) is 0. The van der Waals surface area contributed by atoms with Crippen LogP contribution in [0.3, 0.4) is 0 Å². The van der Waals surface area contributed by atoms with Gasteiger partial charge in [-0.05, 0) is 128 Å². The molecule has 0 aromatic rings. The molecule has 2 fully saturated rings. The van der Waals surface area contributed by atoms with E-state index in [1.807, 2.05) is 0 Å². The van der Waals surface area contributed by atoms with E-state index >= 15 is 0 Å². The summed E-state index contributed by atoms with van der Waals surface area (Å²) in [4.78, 5) is 13.7. The highest BCUT2D eigenvalue weighted by Gasteiger charge is 2.57. The van der Waals surface area contributed by atoms with Crippen LogP contribution in [0.2, 0.25) is 0 Å². The third kappa shape index (κ3) is 5.65. The van der Waals surface area contributed by atoms with Crippen molar-refractivity contribution in [3.05, 3.63) is 22.8 Å². The predicted molar refractivity (Wildman–Crippen MR) is 183 cm³/mol. The van der Waals surface area contributed by atoms with Crippen molar-refractivity contribution in [1.82, 2.24) is 0 Å². The molecule has 44 heavy (non-hydrogen) atoms. The zero-order valence-corrected chi connectivity index (χ0v) is 30.9. The molecule has 0 aromatic heterocycles. The number of rotatable bonds is 8. The molecule has 5 aliphatic rings. The summed E-state index contributed by atoms with van der Waals surface area (Å²) in [5.74, 6) is 4.84. The monoisotopic (exact) mass is 609 g/mol. The van der Waals surface area contributed by atoms with Crippen LogP contribution < -0.4 is 0 Å². The Morgan fingerprint density at radius 2 is 1.68 bits per heavy atom. The number of carbonyl (C=O) groups is 1. The lowest BCUT2D eigenvalue weighted by atomic mass is 9.48. The zero-order valence-electron chi connectivity index (χ0n) is 30.9. The van der Waals surface area contributed by atoms with E-state index in [0.29, 0.717) is 53.6 Å². The number of ether oxygens (including phenoxy) is 2. The highest BCUT2D eigenvalue weighted by molar-refractivity contribution is 5.88. The van der Waals surface area contributed by atoms with E-state index < -0.39 is 0 Å². The maximum Gasteiger partial charge on any atom is 0.161 e. The van der Waals surface area contributed by atoms with Gasteiger partial charge in [0.2, 0.25) is 0 Å². The fourth-order valence-corrected chi connectivity index (χ4v) is 11.1. The van der Waals surface area contributed by atoms with E-state index in [2.05, 4.69) is 96.1 Å². The van der Waals surface area contributed by atoms with Crippen LogP contribution in [0.4, 0.5) is 0 Å². The highest BCUT2D eigenvalue weighted by atomic mass is 16.7. The molecule has 1 aliphatic heterocycles. The summed E-state index contributed by atoms with van der Waals surface area (Å²) in [5.41, 5.74) is 4.89. The van der Waals surface area contributed by atoms with Crippen molar-refractivity contribution >= 4 is 5.78 Å².